The number of benzene rings is 4. The summed E-state index contributed by atoms with van der Waals surface area (Å²) in [6.45, 7) is 4.75. The summed E-state index contributed by atoms with van der Waals surface area (Å²) in [6.07, 6.45) is 0. The summed E-state index contributed by atoms with van der Waals surface area (Å²) in [6, 6.07) is 33.5. The van der Waals surface area contributed by atoms with Crippen LogP contribution in [0.1, 0.15) is 36.8 Å². The Hall–Kier alpha value is -3.32. The molecule has 1 nitrogen and oxygen atoms in total. The van der Waals surface area contributed by atoms with Crippen molar-refractivity contribution in [3.63, 3.8) is 0 Å². The van der Waals surface area contributed by atoms with Gasteiger partial charge in [-0.25, -0.2) is 0 Å². The fraction of sp³-hybridized carbons (Fsp3) is 0.143. The molecule has 2 aliphatic rings. The third-order valence-corrected chi connectivity index (χ3v) is 6.85. The second-order valence-corrected chi connectivity index (χ2v) is 8.28. The van der Waals surface area contributed by atoms with Crippen molar-refractivity contribution in [1.29, 1.82) is 0 Å². The predicted octanol–water partition coefficient (Wildman–Crippen LogP) is 8.02. The van der Waals surface area contributed by atoms with Crippen molar-refractivity contribution in [3.8, 4) is 22.3 Å². The van der Waals surface area contributed by atoms with Crippen LogP contribution in [0.5, 0.6) is 0 Å². The van der Waals surface area contributed by atoms with E-state index in [-0.39, 0.29) is 0 Å². The molecule has 6 rings (SSSR count). The Kier molecular flexibility index (Phi) is 3.49. The summed E-state index contributed by atoms with van der Waals surface area (Å²) in [7, 11) is 0. The molecule has 0 amide bonds. The van der Waals surface area contributed by atoms with Crippen LogP contribution in [0, 0.1) is 0 Å². The lowest BCUT2D eigenvalue weighted by atomic mass is 9.83. The Bertz CT molecular complexity index is 1250. The van der Waals surface area contributed by atoms with Crippen molar-refractivity contribution in [2.24, 2.45) is 0 Å². The van der Waals surface area contributed by atoms with E-state index in [2.05, 4.69) is 110 Å². The van der Waals surface area contributed by atoms with Crippen molar-refractivity contribution in [2.45, 2.75) is 25.7 Å². The molecule has 2 aliphatic heterocycles. The van der Waals surface area contributed by atoms with Crippen molar-refractivity contribution < 1.29 is 0 Å². The fourth-order valence-electron chi connectivity index (χ4n) is 5.23. The van der Waals surface area contributed by atoms with Gasteiger partial charge in [-0.3, -0.25) is 0 Å². The maximum absolute atomic E-state index is 2.52. The number of hydrogen-bond donors (Lipinski definition) is 0. The van der Waals surface area contributed by atoms with Crippen LogP contribution in [0.15, 0.2) is 91.0 Å². The van der Waals surface area contributed by atoms with E-state index < -0.39 is 0 Å². The molecule has 4 aromatic rings. The minimum absolute atomic E-state index is 0.438. The van der Waals surface area contributed by atoms with Gasteiger partial charge in [0.25, 0.3) is 0 Å². The number of anilines is 3. The van der Waals surface area contributed by atoms with Gasteiger partial charge >= 0.3 is 0 Å². The van der Waals surface area contributed by atoms with Crippen LogP contribution < -0.4 is 4.90 Å². The third-order valence-electron chi connectivity index (χ3n) is 6.85. The number of para-hydroxylation sites is 3. The highest BCUT2D eigenvalue weighted by Gasteiger charge is 2.35. The lowest BCUT2D eigenvalue weighted by molar-refractivity contribution is 0.631. The molecular formula is C28H23N. The maximum Gasteiger partial charge on any atom is 0.0575 e. The highest BCUT2D eigenvalue weighted by molar-refractivity contribution is 6.04. The molecule has 0 aliphatic carbocycles. The van der Waals surface area contributed by atoms with Crippen molar-refractivity contribution >= 4 is 17.1 Å². The van der Waals surface area contributed by atoms with Crippen LogP contribution in [0.25, 0.3) is 22.3 Å². The van der Waals surface area contributed by atoms with E-state index in [1.54, 1.807) is 0 Å². The van der Waals surface area contributed by atoms with Crippen molar-refractivity contribution in [2.75, 3.05) is 4.90 Å². The summed E-state index contributed by atoms with van der Waals surface area (Å²) in [5.74, 6) is 0.889. The van der Waals surface area contributed by atoms with Crippen LogP contribution in [0.4, 0.5) is 17.1 Å². The number of rotatable bonds is 0. The van der Waals surface area contributed by atoms with E-state index >= 15 is 0 Å². The Morgan fingerprint density at radius 2 is 1.00 bits per heavy atom. The molecule has 2 unspecified atom stereocenters. The van der Waals surface area contributed by atoms with Gasteiger partial charge in [-0.15, -0.1) is 0 Å². The Balaban J connectivity index is 1.84. The highest BCUT2D eigenvalue weighted by Crippen LogP contribution is 2.57. The quantitative estimate of drug-likeness (QED) is 0.265. The number of nitrogens with zero attached hydrogens (tertiary/aromatic N) is 1. The van der Waals surface area contributed by atoms with Gasteiger partial charge in [-0.1, -0.05) is 92.7 Å². The maximum atomic E-state index is 2.52. The van der Waals surface area contributed by atoms with Crippen LogP contribution in [-0.2, 0) is 0 Å². The molecule has 2 atom stereocenters. The van der Waals surface area contributed by atoms with Gasteiger partial charge in [0.15, 0.2) is 0 Å². The number of hydrogen-bond acceptors (Lipinski definition) is 1. The normalized spacial score (nSPS) is 18.6. The van der Waals surface area contributed by atoms with Gasteiger partial charge in [-0.2, -0.15) is 0 Å². The van der Waals surface area contributed by atoms with E-state index in [1.165, 1.54) is 50.4 Å². The molecule has 0 spiro atoms. The Morgan fingerprint density at radius 3 is 1.79 bits per heavy atom. The molecule has 0 saturated heterocycles. The second-order valence-electron chi connectivity index (χ2n) is 8.28. The van der Waals surface area contributed by atoms with E-state index in [0.717, 1.165) is 0 Å². The molecule has 0 saturated carbocycles. The van der Waals surface area contributed by atoms with E-state index in [4.69, 9.17) is 0 Å². The van der Waals surface area contributed by atoms with E-state index in [9.17, 15) is 0 Å². The average Bonchev–Trinajstić information content (AvgIpc) is 2.96. The topological polar surface area (TPSA) is 3.24 Å². The first-order chi connectivity index (χ1) is 14.3. The molecular weight excluding hydrogens is 350 g/mol. The van der Waals surface area contributed by atoms with Gasteiger partial charge < -0.3 is 4.90 Å². The minimum atomic E-state index is 0.438. The summed E-state index contributed by atoms with van der Waals surface area (Å²) >= 11 is 0. The zero-order valence-electron chi connectivity index (χ0n) is 16.8. The molecule has 4 aromatic carbocycles. The first-order valence-electron chi connectivity index (χ1n) is 10.5. The molecule has 1 heteroatoms. The van der Waals surface area contributed by atoms with Crippen LogP contribution in [0.2, 0.25) is 0 Å². The Morgan fingerprint density at radius 1 is 0.483 bits per heavy atom. The SMILES string of the molecule is CC1c2ccccc2N2c3ccccc3-c3ccccc3-c3cccc(c32)C1C. The molecule has 0 radical (unpaired) electrons. The van der Waals surface area contributed by atoms with Gasteiger partial charge in [-0.05, 0) is 46.2 Å². The van der Waals surface area contributed by atoms with E-state index in [0.29, 0.717) is 11.8 Å². The molecule has 140 valence electrons. The first kappa shape index (κ1) is 16.6. The lowest BCUT2D eigenvalue weighted by Gasteiger charge is -2.29. The van der Waals surface area contributed by atoms with Crippen molar-refractivity contribution in [3.05, 3.63) is 102 Å². The highest BCUT2D eigenvalue weighted by atomic mass is 15.2. The largest absolute Gasteiger partial charge is 0.309 e. The molecule has 29 heavy (non-hydrogen) atoms. The molecule has 0 fully saturated rings. The monoisotopic (exact) mass is 373 g/mol. The van der Waals surface area contributed by atoms with Gasteiger partial charge in [0.1, 0.15) is 0 Å². The smallest absolute Gasteiger partial charge is 0.0575 e. The van der Waals surface area contributed by atoms with Crippen LogP contribution in [0.3, 0.4) is 0 Å². The summed E-state index contributed by atoms with van der Waals surface area (Å²) in [5, 5.41) is 0. The zero-order valence-corrected chi connectivity index (χ0v) is 16.8. The lowest BCUT2D eigenvalue weighted by Crippen LogP contribution is -2.12. The van der Waals surface area contributed by atoms with Crippen LogP contribution in [-0.4, -0.2) is 0 Å². The predicted molar refractivity (Wildman–Crippen MR) is 122 cm³/mol. The standard InChI is InChI=1S/C28H23N/c1-18-19(2)21-14-9-15-25-23-12-4-3-11-22(23)24-13-6-8-17-27(24)29(28(21)25)26-16-7-5-10-20(18)26/h3-19H,1-2H3. The summed E-state index contributed by atoms with van der Waals surface area (Å²) in [5.41, 5.74) is 12.0. The Labute approximate surface area is 172 Å². The fourth-order valence-corrected chi connectivity index (χ4v) is 5.23. The van der Waals surface area contributed by atoms with E-state index in [1.807, 2.05) is 0 Å². The molecule has 0 N–H and O–H groups in total. The van der Waals surface area contributed by atoms with Crippen molar-refractivity contribution in [1.82, 2.24) is 0 Å². The second kappa shape index (κ2) is 6.09. The summed E-state index contributed by atoms with van der Waals surface area (Å²) < 4.78 is 0. The van der Waals surface area contributed by atoms with Gasteiger partial charge in [0.2, 0.25) is 0 Å². The summed E-state index contributed by atoms with van der Waals surface area (Å²) in [4.78, 5) is 2.52. The minimum Gasteiger partial charge on any atom is -0.309 e. The first-order valence-corrected chi connectivity index (χ1v) is 10.5. The molecule has 0 bridgehead atoms. The van der Waals surface area contributed by atoms with Gasteiger partial charge in [0.05, 0.1) is 11.4 Å². The van der Waals surface area contributed by atoms with Gasteiger partial charge in [0, 0.05) is 16.8 Å². The average molecular weight is 373 g/mol. The zero-order chi connectivity index (χ0) is 19.5. The molecule has 0 aromatic heterocycles. The van der Waals surface area contributed by atoms with Crippen LogP contribution >= 0.6 is 0 Å². The third kappa shape index (κ3) is 2.22. The number of fused-ring (bicyclic) bond motifs is 7. The molecule has 2 heterocycles.